The molecule has 1 unspecified atom stereocenters. The molecule has 7 nitrogen and oxygen atoms in total. The lowest BCUT2D eigenvalue weighted by molar-refractivity contribution is -0.0957. The van der Waals surface area contributed by atoms with Crippen LogP contribution in [0.1, 0.15) is 52.6 Å². The molecule has 3 aliphatic rings. The Morgan fingerprint density at radius 3 is 2.75 bits per heavy atom. The van der Waals surface area contributed by atoms with E-state index in [1.807, 2.05) is 24.8 Å². The number of aromatic nitrogens is 1. The maximum absolute atomic E-state index is 12.8. The molecule has 5 rings (SSSR count). The summed E-state index contributed by atoms with van der Waals surface area (Å²) in [5, 5.41) is 3.97. The molecule has 7 heteroatoms. The Morgan fingerprint density at radius 1 is 1.25 bits per heavy atom. The van der Waals surface area contributed by atoms with Crippen molar-refractivity contribution in [2.45, 2.75) is 51.2 Å². The summed E-state index contributed by atoms with van der Waals surface area (Å²) in [5.41, 5.74) is 1.73. The average Bonchev–Trinajstić information content (AvgIpc) is 3.43. The zero-order valence-electron chi connectivity index (χ0n) is 16.6. The lowest BCUT2D eigenvalue weighted by Gasteiger charge is -2.46. The summed E-state index contributed by atoms with van der Waals surface area (Å²) in [6.45, 7) is 8.30. The Balaban J connectivity index is 1.19. The monoisotopic (exact) mass is 385 g/mol. The van der Waals surface area contributed by atoms with E-state index in [4.69, 9.17) is 13.7 Å². The predicted molar refractivity (Wildman–Crippen MR) is 101 cm³/mol. The van der Waals surface area contributed by atoms with Crippen molar-refractivity contribution in [2.75, 3.05) is 32.8 Å². The minimum Gasteiger partial charge on any atom is -0.456 e. The standard InChI is InChI=1S/C21H27N3O4/c1-14-18(15(2)28-22-14)9-17-5-6-19(27-17)20(25)24-12-21(13-24)10-16(11-26-21)23-7-3-4-8-23/h5-6,16H,3-4,7-13H2,1-2H3. The molecule has 1 spiro atoms. The molecule has 0 bridgehead atoms. The van der Waals surface area contributed by atoms with Gasteiger partial charge in [-0.05, 0) is 58.3 Å². The highest BCUT2D eigenvalue weighted by atomic mass is 16.5. The lowest BCUT2D eigenvalue weighted by atomic mass is 9.89. The van der Waals surface area contributed by atoms with E-state index in [0.29, 0.717) is 31.3 Å². The van der Waals surface area contributed by atoms with Crippen molar-refractivity contribution >= 4 is 5.91 Å². The van der Waals surface area contributed by atoms with Gasteiger partial charge < -0.3 is 18.6 Å². The second kappa shape index (κ2) is 6.74. The highest BCUT2D eigenvalue weighted by molar-refractivity contribution is 5.92. The third-order valence-electron chi connectivity index (χ3n) is 6.50. The topological polar surface area (TPSA) is 72.0 Å². The fourth-order valence-electron chi connectivity index (χ4n) is 4.85. The van der Waals surface area contributed by atoms with Crippen LogP contribution in [0.25, 0.3) is 0 Å². The number of hydrogen-bond acceptors (Lipinski definition) is 6. The van der Waals surface area contributed by atoms with E-state index in [2.05, 4.69) is 10.1 Å². The molecule has 1 atom stereocenters. The maximum atomic E-state index is 12.8. The fraction of sp³-hybridized carbons (Fsp3) is 0.619. The van der Waals surface area contributed by atoms with Gasteiger partial charge >= 0.3 is 0 Å². The molecule has 3 fully saturated rings. The van der Waals surface area contributed by atoms with Gasteiger partial charge in [-0.2, -0.15) is 0 Å². The van der Waals surface area contributed by atoms with Crippen LogP contribution in [0.15, 0.2) is 21.1 Å². The molecule has 0 N–H and O–H groups in total. The summed E-state index contributed by atoms with van der Waals surface area (Å²) < 4.78 is 17.2. The SMILES string of the molecule is Cc1noc(C)c1Cc1ccc(C(=O)N2CC3(CC(N4CCCC4)CO3)C2)o1. The van der Waals surface area contributed by atoms with Crippen molar-refractivity contribution < 1.29 is 18.5 Å². The Bertz CT molecular complexity index is 855. The number of ether oxygens (including phenoxy) is 1. The van der Waals surface area contributed by atoms with Crippen molar-refractivity contribution in [1.82, 2.24) is 15.0 Å². The van der Waals surface area contributed by atoms with E-state index in [0.717, 1.165) is 35.8 Å². The van der Waals surface area contributed by atoms with Gasteiger partial charge in [0.05, 0.1) is 25.4 Å². The second-order valence-corrected chi connectivity index (χ2v) is 8.50. The normalized spacial score (nSPS) is 24.2. The van der Waals surface area contributed by atoms with Crippen LogP contribution in [0, 0.1) is 13.8 Å². The first-order chi connectivity index (χ1) is 13.5. The van der Waals surface area contributed by atoms with Gasteiger partial charge in [0.25, 0.3) is 5.91 Å². The maximum Gasteiger partial charge on any atom is 0.289 e. The van der Waals surface area contributed by atoms with Gasteiger partial charge in [-0.3, -0.25) is 9.69 Å². The van der Waals surface area contributed by atoms with Gasteiger partial charge in [0.1, 0.15) is 17.1 Å². The number of nitrogens with zero attached hydrogens (tertiary/aromatic N) is 3. The van der Waals surface area contributed by atoms with Crippen LogP contribution in [-0.4, -0.2) is 65.3 Å². The minimum absolute atomic E-state index is 0.0520. The van der Waals surface area contributed by atoms with Gasteiger partial charge in [-0.15, -0.1) is 0 Å². The molecule has 2 aromatic heterocycles. The van der Waals surface area contributed by atoms with Crippen LogP contribution in [0.3, 0.4) is 0 Å². The molecule has 150 valence electrons. The van der Waals surface area contributed by atoms with E-state index in [1.54, 1.807) is 6.07 Å². The van der Waals surface area contributed by atoms with E-state index in [1.165, 1.54) is 25.9 Å². The third-order valence-corrected chi connectivity index (χ3v) is 6.50. The number of carbonyl (C=O) groups is 1. The second-order valence-electron chi connectivity index (χ2n) is 8.50. The average molecular weight is 385 g/mol. The van der Waals surface area contributed by atoms with Gasteiger partial charge in [-0.25, -0.2) is 0 Å². The summed E-state index contributed by atoms with van der Waals surface area (Å²) >= 11 is 0. The Labute approximate surface area is 164 Å². The number of likely N-dealkylation sites (tertiary alicyclic amines) is 2. The molecule has 0 saturated carbocycles. The van der Waals surface area contributed by atoms with E-state index < -0.39 is 0 Å². The highest BCUT2D eigenvalue weighted by Gasteiger charge is 2.52. The van der Waals surface area contributed by atoms with Gasteiger partial charge in [0.15, 0.2) is 5.76 Å². The zero-order chi connectivity index (χ0) is 19.3. The van der Waals surface area contributed by atoms with Crippen LogP contribution in [0.2, 0.25) is 0 Å². The minimum atomic E-state index is -0.144. The molecule has 0 aliphatic carbocycles. The van der Waals surface area contributed by atoms with Crippen molar-refractivity contribution in [2.24, 2.45) is 0 Å². The number of rotatable bonds is 4. The lowest BCUT2D eigenvalue weighted by Crippen LogP contribution is -2.63. The smallest absolute Gasteiger partial charge is 0.289 e. The van der Waals surface area contributed by atoms with Crippen LogP contribution in [-0.2, 0) is 11.2 Å². The van der Waals surface area contributed by atoms with Gasteiger partial charge in [-0.1, -0.05) is 5.16 Å². The van der Waals surface area contributed by atoms with Crippen LogP contribution in [0.4, 0.5) is 0 Å². The number of aryl methyl sites for hydroxylation is 2. The van der Waals surface area contributed by atoms with E-state index in [9.17, 15) is 4.79 Å². The third kappa shape index (κ3) is 3.06. The predicted octanol–water partition coefficient (Wildman–Crippen LogP) is 2.55. The highest BCUT2D eigenvalue weighted by Crippen LogP contribution is 2.38. The number of amides is 1. The molecular formula is C21H27N3O4. The summed E-state index contributed by atoms with van der Waals surface area (Å²) in [5.74, 6) is 1.88. The summed E-state index contributed by atoms with van der Waals surface area (Å²) in [7, 11) is 0. The van der Waals surface area contributed by atoms with Crippen molar-refractivity contribution in [3.05, 3.63) is 40.7 Å². The molecule has 2 aromatic rings. The first-order valence-electron chi connectivity index (χ1n) is 10.2. The molecule has 0 aromatic carbocycles. The van der Waals surface area contributed by atoms with Crippen molar-refractivity contribution in [3.63, 3.8) is 0 Å². The largest absolute Gasteiger partial charge is 0.456 e. The molecular weight excluding hydrogens is 358 g/mol. The molecule has 1 amide bonds. The first-order valence-corrected chi connectivity index (χ1v) is 10.2. The van der Waals surface area contributed by atoms with Crippen LogP contribution in [0.5, 0.6) is 0 Å². The van der Waals surface area contributed by atoms with Crippen LogP contribution < -0.4 is 0 Å². The molecule has 5 heterocycles. The van der Waals surface area contributed by atoms with Crippen molar-refractivity contribution in [3.8, 4) is 0 Å². The quantitative estimate of drug-likeness (QED) is 0.805. The summed E-state index contributed by atoms with van der Waals surface area (Å²) in [4.78, 5) is 17.2. The number of furan rings is 1. The molecule has 3 saturated heterocycles. The molecule has 28 heavy (non-hydrogen) atoms. The van der Waals surface area contributed by atoms with E-state index >= 15 is 0 Å². The summed E-state index contributed by atoms with van der Waals surface area (Å²) in [6, 6.07) is 4.15. The Morgan fingerprint density at radius 2 is 2.04 bits per heavy atom. The summed E-state index contributed by atoms with van der Waals surface area (Å²) in [6.07, 6.45) is 4.21. The Hall–Kier alpha value is -2.12. The molecule has 0 radical (unpaired) electrons. The first kappa shape index (κ1) is 17.9. The van der Waals surface area contributed by atoms with E-state index in [-0.39, 0.29) is 11.5 Å². The van der Waals surface area contributed by atoms with Crippen LogP contribution >= 0.6 is 0 Å². The fourth-order valence-corrected chi connectivity index (χ4v) is 4.85. The van der Waals surface area contributed by atoms with Gasteiger partial charge in [0.2, 0.25) is 0 Å². The van der Waals surface area contributed by atoms with Gasteiger partial charge in [0, 0.05) is 18.0 Å². The zero-order valence-corrected chi connectivity index (χ0v) is 16.6. The number of carbonyl (C=O) groups excluding carboxylic acids is 1. The van der Waals surface area contributed by atoms with Crippen molar-refractivity contribution in [1.29, 1.82) is 0 Å². The molecule has 3 aliphatic heterocycles. The Kier molecular flexibility index (Phi) is 4.32. The number of hydrogen-bond donors (Lipinski definition) is 0.